The molecule has 13 rings (SSSR count). The van der Waals surface area contributed by atoms with Crippen LogP contribution in [0.4, 0.5) is 17.1 Å². The molecule has 3 nitrogen and oxygen atoms in total. The molecular weight excluding hydrogens is 751 g/mol. The van der Waals surface area contributed by atoms with Crippen molar-refractivity contribution in [1.29, 1.82) is 0 Å². The summed E-state index contributed by atoms with van der Waals surface area (Å²) in [5, 5.41) is 4.78. The Morgan fingerprint density at radius 3 is 1.66 bits per heavy atom. The average Bonchev–Trinajstić information content (AvgIpc) is 3.68. The summed E-state index contributed by atoms with van der Waals surface area (Å²) in [6.45, 7) is -0.370. The van der Waals surface area contributed by atoms with Gasteiger partial charge in [0.2, 0.25) is 0 Å². The second-order valence-corrected chi connectivity index (χ2v) is 16.4. The molecule has 2 aliphatic rings. The van der Waals surface area contributed by atoms with Gasteiger partial charge in [-0.05, 0) is 105 Å². The predicted molar refractivity (Wildman–Crippen MR) is 260 cm³/mol. The lowest BCUT2D eigenvalue weighted by Crippen LogP contribution is -2.56. The quantitative estimate of drug-likeness (QED) is 0.162. The van der Waals surface area contributed by atoms with Crippen molar-refractivity contribution in [3.05, 3.63) is 224 Å². The largest absolute Gasteiger partial charge is 0.551 e. The van der Waals surface area contributed by atoms with Crippen LogP contribution in [0.3, 0.4) is 0 Å². The number of para-hydroxylation sites is 2. The molecule has 0 bridgehead atoms. The van der Waals surface area contributed by atoms with Crippen LogP contribution in [0.25, 0.3) is 82.8 Å². The van der Waals surface area contributed by atoms with Crippen LogP contribution in [0.2, 0.25) is 0 Å². The van der Waals surface area contributed by atoms with Crippen LogP contribution < -0.4 is 20.5 Å². The molecular formula is C58H37BN2O. The number of hydrogen-bond donors (Lipinski definition) is 0. The number of fused-ring (bicyclic) bond motifs is 10. The molecule has 1 aromatic heterocycles. The maximum atomic E-state index is 7.47. The van der Waals surface area contributed by atoms with Crippen molar-refractivity contribution in [3.8, 4) is 55.9 Å². The Kier molecular flexibility index (Phi) is 7.70. The van der Waals surface area contributed by atoms with E-state index in [-0.39, 0.29) is 6.92 Å². The van der Waals surface area contributed by atoms with Crippen LogP contribution >= 0.6 is 0 Å². The Morgan fingerprint density at radius 2 is 0.968 bits per heavy atom. The Morgan fingerprint density at radius 1 is 0.371 bits per heavy atom. The first-order chi connectivity index (χ1) is 30.8. The van der Waals surface area contributed by atoms with Gasteiger partial charge in [-0.3, -0.25) is 0 Å². The smallest absolute Gasteiger partial charge is 0.432 e. The fraction of sp³-hybridized carbons (Fsp3) is 0. The highest BCUT2D eigenvalue weighted by Gasteiger charge is 2.45. The zero-order valence-electron chi connectivity index (χ0n) is 33.7. The molecule has 0 saturated carbocycles. The number of anilines is 3. The van der Waals surface area contributed by atoms with Crippen LogP contribution in [0.15, 0.2) is 224 Å². The van der Waals surface area contributed by atoms with E-state index in [0.717, 1.165) is 50.8 Å². The van der Waals surface area contributed by atoms with E-state index < -0.39 is 0 Å². The molecule has 0 amide bonds. The summed E-state index contributed by atoms with van der Waals surface area (Å²) in [6.07, 6.45) is 0. The summed E-state index contributed by atoms with van der Waals surface area (Å²) in [7, 11) is 0. The molecule has 10 aromatic carbocycles. The van der Waals surface area contributed by atoms with Crippen LogP contribution in [0, 0.1) is 0 Å². The molecule has 0 saturated heterocycles. The third-order valence-electron chi connectivity index (χ3n) is 12.9. The number of hydrogen-bond acceptors (Lipinski definition) is 2. The van der Waals surface area contributed by atoms with Crippen molar-refractivity contribution in [2.75, 3.05) is 4.90 Å². The molecule has 11 aromatic rings. The van der Waals surface area contributed by atoms with E-state index in [0.29, 0.717) is 0 Å². The van der Waals surface area contributed by atoms with Crippen LogP contribution in [0.5, 0.6) is 5.75 Å². The molecule has 62 heavy (non-hydrogen) atoms. The Hall–Kier alpha value is -8.08. The highest BCUT2D eigenvalue weighted by Crippen LogP contribution is 2.50. The second kappa shape index (κ2) is 13.7. The molecule has 2 aliphatic heterocycles. The number of nitrogens with zero attached hydrogens (tertiary/aromatic N) is 2. The average molecular weight is 789 g/mol. The first-order valence-corrected chi connectivity index (χ1v) is 21.4. The molecule has 0 spiro atoms. The minimum absolute atomic E-state index is 0.370. The summed E-state index contributed by atoms with van der Waals surface area (Å²) in [5.74, 6) is 0.885. The zero-order valence-corrected chi connectivity index (χ0v) is 33.7. The van der Waals surface area contributed by atoms with Crippen LogP contribution in [-0.4, -0.2) is 11.5 Å². The predicted octanol–water partition coefficient (Wildman–Crippen LogP) is 13.9. The van der Waals surface area contributed by atoms with Gasteiger partial charge in [0.1, 0.15) is 5.75 Å². The van der Waals surface area contributed by atoms with Crippen molar-refractivity contribution in [1.82, 2.24) is 4.57 Å². The number of benzene rings is 10. The van der Waals surface area contributed by atoms with E-state index in [1.54, 1.807) is 0 Å². The summed E-state index contributed by atoms with van der Waals surface area (Å²) < 4.78 is 9.95. The molecule has 0 unspecified atom stereocenters. The first kappa shape index (κ1) is 34.8. The molecule has 0 N–H and O–H groups in total. The molecule has 0 aliphatic carbocycles. The van der Waals surface area contributed by atoms with Gasteiger partial charge in [0.05, 0.1) is 11.0 Å². The van der Waals surface area contributed by atoms with Gasteiger partial charge in [0, 0.05) is 55.6 Å². The minimum atomic E-state index is -0.370. The second-order valence-electron chi connectivity index (χ2n) is 16.4. The number of rotatable bonds is 5. The van der Waals surface area contributed by atoms with Gasteiger partial charge in [-0.1, -0.05) is 164 Å². The lowest BCUT2D eigenvalue weighted by atomic mass is 9.48. The zero-order chi connectivity index (χ0) is 40.7. The van der Waals surface area contributed by atoms with Gasteiger partial charge in [-0.15, -0.1) is 0 Å². The molecule has 0 atom stereocenters. The van der Waals surface area contributed by atoms with Gasteiger partial charge in [-0.2, -0.15) is 0 Å². The van der Waals surface area contributed by atoms with Crippen LogP contribution in [0.1, 0.15) is 0 Å². The Balaban J connectivity index is 1.21. The monoisotopic (exact) mass is 788 g/mol. The summed E-state index contributed by atoms with van der Waals surface area (Å²) in [4.78, 5) is 2.53. The van der Waals surface area contributed by atoms with Gasteiger partial charge in [0.15, 0.2) is 0 Å². The summed E-state index contributed by atoms with van der Waals surface area (Å²) in [6, 6.07) is 81.6. The van der Waals surface area contributed by atoms with Gasteiger partial charge in [0.25, 0.3) is 0 Å². The van der Waals surface area contributed by atoms with E-state index in [9.17, 15) is 0 Å². The highest BCUT2D eigenvalue weighted by atomic mass is 16.4. The maximum Gasteiger partial charge on any atom is 0.432 e. The fourth-order valence-corrected chi connectivity index (χ4v) is 10.2. The Labute approximate surface area is 360 Å². The topological polar surface area (TPSA) is 17.4 Å². The van der Waals surface area contributed by atoms with E-state index in [4.69, 9.17) is 4.65 Å². The SMILES string of the molecule is c1ccc(-c2cc(-c3ccccc3)cc(N3c4cc5c6ccccc6n(-c6ccccc6)c5c5c4B(Oc4ccc(-c6ccccc6)cc4-5)c4c3ccc3ccccc43)c2)cc1. The molecule has 288 valence electrons. The highest BCUT2D eigenvalue weighted by molar-refractivity contribution is 6.87. The number of aromatic nitrogens is 1. The van der Waals surface area contributed by atoms with Crippen molar-refractivity contribution in [2.24, 2.45) is 0 Å². The summed E-state index contributed by atoms with van der Waals surface area (Å²) >= 11 is 0. The van der Waals surface area contributed by atoms with Gasteiger partial charge < -0.3 is 14.1 Å². The van der Waals surface area contributed by atoms with Gasteiger partial charge in [-0.25, -0.2) is 0 Å². The maximum absolute atomic E-state index is 7.47. The third kappa shape index (κ3) is 5.27. The van der Waals surface area contributed by atoms with E-state index in [2.05, 4.69) is 234 Å². The molecule has 0 fully saturated rings. The normalized spacial score (nSPS) is 12.6. The van der Waals surface area contributed by atoms with Crippen LogP contribution in [-0.2, 0) is 0 Å². The van der Waals surface area contributed by atoms with E-state index in [1.807, 2.05) is 0 Å². The lowest BCUT2D eigenvalue weighted by molar-refractivity contribution is 0.590. The Bertz CT molecular complexity index is 3490. The standard InChI is InChI=1S/C58H37BN2O/c1-5-17-38(18-6-1)42-30-32-54-50(36-42)55-57-53(37-49-48-27-15-16-28-51(48)61(58(49)55)45-24-11-4-12-25-45)60(52-31-29-41-23-13-14-26-47(41)56(52)59(57)62-54)46-34-43(39-19-7-2-8-20-39)33-44(35-46)40-21-9-3-10-22-40/h1-37H. The minimum Gasteiger partial charge on any atom is -0.551 e. The van der Waals surface area contributed by atoms with E-state index >= 15 is 0 Å². The lowest BCUT2D eigenvalue weighted by Gasteiger charge is -2.41. The molecule has 4 heteroatoms. The van der Waals surface area contributed by atoms with E-state index in [1.165, 1.54) is 65.8 Å². The summed E-state index contributed by atoms with van der Waals surface area (Å²) in [5.41, 5.74) is 18.5. The van der Waals surface area contributed by atoms with Crippen molar-refractivity contribution in [2.45, 2.75) is 0 Å². The van der Waals surface area contributed by atoms with Crippen molar-refractivity contribution in [3.63, 3.8) is 0 Å². The van der Waals surface area contributed by atoms with Crippen molar-refractivity contribution < 1.29 is 4.65 Å². The fourth-order valence-electron chi connectivity index (χ4n) is 10.2. The molecule has 0 radical (unpaired) electrons. The molecule has 3 heterocycles. The van der Waals surface area contributed by atoms with Crippen molar-refractivity contribution >= 4 is 67.5 Å². The first-order valence-electron chi connectivity index (χ1n) is 21.4. The van der Waals surface area contributed by atoms with Gasteiger partial charge >= 0.3 is 6.92 Å². The third-order valence-corrected chi connectivity index (χ3v) is 12.9.